The lowest BCUT2D eigenvalue weighted by Crippen LogP contribution is -2.45. The average Bonchev–Trinajstić information content (AvgIpc) is 3.17. The van der Waals surface area contributed by atoms with E-state index >= 15 is 0 Å². The van der Waals surface area contributed by atoms with Crippen LogP contribution in [0.3, 0.4) is 0 Å². The maximum atomic E-state index is 12.9. The summed E-state index contributed by atoms with van der Waals surface area (Å²) in [6.07, 6.45) is 3.15. The highest BCUT2D eigenvalue weighted by Gasteiger charge is 2.57. The predicted octanol–water partition coefficient (Wildman–Crippen LogP) is 1.28. The second-order valence-electron chi connectivity index (χ2n) is 6.23. The number of nitrogens with one attached hydrogen (secondary N) is 1. The summed E-state index contributed by atoms with van der Waals surface area (Å²) in [7, 11) is 1.65. The van der Waals surface area contributed by atoms with Crippen molar-refractivity contribution in [2.45, 2.75) is 31.2 Å². The van der Waals surface area contributed by atoms with Crippen LogP contribution >= 0.6 is 0 Å². The summed E-state index contributed by atoms with van der Waals surface area (Å²) in [5, 5.41) is 2.20. The number of rotatable bonds is 1. The van der Waals surface area contributed by atoms with Crippen molar-refractivity contribution >= 4 is 29.4 Å². The topological polar surface area (TPSA) is 86.8 Å². The minimum atomic E-state index is -0.756. The van der Waals surface area contributed by atoms with Gasteiger partial charge in [0.2, 0.25) is 0 Å². The summed E-state index contributed by atoms with van der Waals surface area (Å²) in [6.45, 7) is 0. The molecule has 118 valence electrons. The lowest BCUT2D eigenvalue weighted by Gasteiger charge is -2.27. The molecule has 7 heteroatoms. The van der Waals surface area contributed by atoms with Crippen molar-refractivity contribution in [2.75, 3.05) is 11.9 Å². The first-order chi connectivity index (χ1) is 11.0. The zero-order valence-corrected chi connectivity index (χ0v) is 12.6. The van der Waals surface area contributed by atoms with Crippen LogP contribution in [0.5, 0.6) is 0 Å². The second kappa shape index (κ2) is 4.41. The van der Waals surface area contributed by atoms with Crippen LogP contribution < -0.4 is 10.2 Å². The molecular formula is C16H15N3O4. The van der Waals surface area contributed by atoms with Gasteiger partial charge in [-0.1, -0.05) is 12.8 Å². The molecule has 1 spiro atoms. The van der Waals surface area contributed by atoms with Gasteiger partial charge >= 0.3 is 6.03 Å². The molecule has 7 nitrogen and oxygen atoms in total. The van der Waals surface area contributed by atoms with E-state index in [4.69, 9.17) is 0 Å². The van der Waals surface area contributed by atoms with E-state index in [9.17, 15) is 19.2 Å². The van der Waals surface area contributed by atoms with Gasteiger partial charge in [-0.2, -0.15) is 0 Å². The van der Waals surface area contributed by atoms with Gasteiger partial charge in [-0.3, -0.25) is 19.7 Å². The Balaban J connectivity index is 1.78. The highest BCUT2D eigenvalue weighted by atomic mass is 16.2. The van der Waals surface area contributed by atoms with Crippen LogP contribution in [0.25, 0.3) is 0 Å². The van der Waals surface area contributed by atoms with Gasteiger partial charge in [-0.05, 0) is 31.0 Å². The van der Waals surface area contributed by atoms with E-state index in [1.165, 1.54) is 23.1 Å². The number of anilines is 1. The minimum Gasteiger partial charge on any atom is -0.312 e. The molecule has 2 heterocycles. The van der Waals surface area contributed by atoms with Crippen LogP contribution in [0.1, 0.15) is 46.4 Å². The van der Waals surface area contributed by atoms with Crippen molar-refractivity contribution in [2.24, 2.45) is 0 Å². The monoisotopic (exact) mass is 313 g/mol. The SMILES string of the molecule is CN1C(=O)N(c2ccc3c(c2)C(=O)NC3=O)C(=O)C12CCCC2. The molecule has 0 bridgehead atoms. The van der Waals surface area contributed by atoms with Crippen LogP contribution in [-0.2, 0) is 4.79 Å². The molecule has 1 aromatic carbocycles. The summed E-state index contributed by atoms with van der Waals surface area (Å²) < 4.78 is 0. The number of carbonyl (C=O) groups is 4. The van der Waals surface area contributed by atoms with Gasteiger partial charge < -0.3 is 4.90 Å². The van der Waals surface area contributed by atoms with Crippen LogP contribution in [-0.4, -0.2) is 41.2 Å². The van der Waals surface area contributed by atoms with Crippen LogP contribution in [0.4, 0.5) is 10.5 Å². The molecule has 1 aromatic rings. The van der Waals surface area contributed by atoms with Crippen LogP contribution in [0.15, 0.2) is 18.2 Å². The zero-order chi connectivity index (χ0) is 16.4. The Morgan fingerprint density at radius 2 is 1.65 bits per heavy atom. The van der Waals surface area contributed by atoms with Gasteiger partial charge in [0.25, 0.3) is 17.7 Å². The first kappa shape index (κ1) is 13.9. The van der Waals surface area contributed by atoms with Crippen LogP contribution in [0, 0.1) is 0 Å². The van der Waals surface area contributed by atoms with E-state index in [1.807, 2.05) is 0 Å². The zero-order valence-electron chi connectivity index (χ0n) is 12.6. The molecule has 2 aliphatic heterocycles. The number of imide groups is 2. The third-order valence-electron chi connectivity index (χ3n) is 5.13. The van der Waals surface area contributed by atoms with Crippen molar-refractivity contribution in [3.05, 3.63) is 29.3 Å². The second-order valence-corrected chi connectivity index (χ2v) is 6.23. The molecule has 3 aliphatic rings. The summed E-state index contributed by atoms with van der Waals surface area (Å²) in [5.41, 5.74) is 0.0397. The third-order valence-corrected chi connectivity index (χ3v) is 5.13. The number of hydrogen-bond donors (Lipinski definition) is 1. The van der Waals surface area contributed by atoms with Crippen molar-refractivity contribution in [3.8, 4) is 0 Å². The van der Waals surface area contributed by atoms with Gasteiger partial charge in [0.05, 0.1) is 16.8 Å². The minimum absolute atomic E-state index is 0.197. The van der Waals surface area contributed by atoms with Crippen molar-refractivity contribution < 1.29 is 19.2 Å². The van der Waals surface area contributed by atoms with Gasteiger partial charge in [0.1, 0.15) is 5.54 Å². The highest BCUT2D eigenvalue weighted by molar-refractivity contribution is 6.25. The molecular weight excluding hydrogens is 298 g/mol. The fourth-order valence-corrected chi connectivity index (χ4v) is 3.80. The molecule has 23 heavy (non-hydrogen) atoms. The standard InChI is InChI=1S/C16H15N3O4/c1-18-15(23)19(14(22)16(18)6-2-3-7-16)9-4-5-10-11(8-9)13(21)17-12(10)20/h4-5,8H,2-3,6-7H2,1H3,(H,17,20,21). The van der Waals surface area contributed by atoms with Crippen molar-refractivity contribution in [3.63, 3.8) is 0 Å². The number of carbonyl (C=O) groups excluding carboxylic acids is 4. The summed E-state index contributed by atoms with van der Waals surface area (Å²) in [5.74, 6) is -1.21. The number of benzene rings is 1. The summed E-state index contributed by atoms with van der Waals surface area (Å²) in [4.78, 5) is 51.5. The Morgan fingerprint density at radius 1 is 1.00 bits per heavy atom. The fourth-order valence-electron chi connectivity index (χ4n) is 3.80. The Labute approximate surface area is 132 Å². The number of hydrogen-bond acceptors (Lipinski definition) is 4. The summed E-state index contributed by atoms with van der Waals surface area (Å²) in [6, 6.07) is 4.06. The van der Waals surface area contributed by atoms with E-state index in [0.29, 0.717) is 18.5 Å². The van der Waals surface area contributed by atoms with Gasteiger partial charge in [0.15, 0.2) is 0 Å². The maximum absolute atomic E-state index is 12.9. The van der Waals surface area contributed by atoms with Gasteiger partial charge in [0, 0.05) is 7.05 Å². The number of nitrogens with zero attached hydrogens (tertiary/aromatic N) is 2. The van der Waals surface area contributed by atoms with E-state index in [-0.39, 0.29) is 23.1 Å². The van der Waals surface area contributed by atoms with Crippen LogP contribution in [0.2, 0.25) is 0 Å². The average molecular weight is 313 g/mol. The number of amides is 5. The molecule has 5 amide bonds. The van der Waals surface area contributed by atoms with Gasteiger partial charge in [-0.15, -0.1) is 0 Å². The first-order valence-electron chi connectivity index (χ1n) is 7.58. The Morgan fingerprint density at radius 3 is 2.35 bits per heavy atom. The molecule has 1 aliphatic carbocycles. The molecule has 1 saturated heterocycles. The molecule has 2 fully saturated rings. The predicted molar refractivity (Wildman–Crippen MR) is 80.1 cm³/mol. The molecule has 1 saturated carbocycles. The van der Waals surface area contributed by atoms with Crippen molar-refractivity contribution in [1.29, 1.82) is 0 Å². The molecule has 4 rings (SSSR count). The molecule has 0 radical (unpaired) electrons. The maximum Gasteiger partial charge on any atom is 0.332 e. The largest absolute Gasteiger partial charge is 0.332 e. The van der Waals surface area contributed by atoms with Crippen molar-refractivity contribution in [1.82, 2.24) is 10.2 Å². The quantitative estimate of drug-likeness (QED) is 0.625. The first-order valence-corrected chi connectivity index (χ1v) is 7.58. The van der Waals surface area contributed by atoms with E-state index < -0.39 is 17.4 Å². The summed E-state index contributed by atoms with van der Waals surface area (Å²) >= 11 is 0. The Hall–Kier alpha value is -2.70. The lowest BCUT2D eigenvalue weighted by atomic mass is 9.96. The lowest BCUT2D eigenvalue weighted by molar-refractivity contribution is -0.124. The molecule has 0 atom stereocenters. The number of fused-ring (bicyclic) bond motifs is 1. The molecule has 1 N–H and O–H groups in total. The smallest absolute Gasteiger partial charge is 0.312 e. The fraction of sp³-hybridized carbons (Fsp3) is 0.375. The Bertz CT molecular complexity index is 780. The highest BCUT2D eigenvalue weighted by Crippen LogP contribution is 2.42. The normalized spacial score (nSPS) is 22.3. The third kappa shape index (κ3) is 1.64. The van der Waals surface area contributed by atoms with E-state index in [2.05, 4.69) is 5.32 Å². The number of likely N-dealkylation sites (N-methyl/N-ethyl adjacent to an activating group) is 1. The number of urea groups is 1. The van der Waals surface area contributed by atoms with E-state index in [0.717, 1.165) is 17.7 Å². The Kier molecular flexibility index (Phi) is 2.67. The molecule has 0 unspecified atom stereocenters. The van der Waals surface area contributed by atoms with E-state index in [1.54, 1.807) is 7.05 Å². The molecule has 0 aromatic heterocycles. The van der Waals surface area contributed by atoms with Gasteiger partial charge in [-0.25, -0.2) is 9.69 Å².